The molecule has 0 aliphatic carbocycles. The number of hydrogen-bond donors (Lipinski definition) is 2. The molecule has 5 aliphatic rings. The molecular formula is C45H46F2N10O6. The fraction of sp³-hybridized carbons (Fsp3) is 0.400. The van der Waals surface area contributed by atoms with Crippen molar-refractivity contribution in [1.82, 2.24) is 39.1 Å². The summed E-state index contributed by atoms with van der Waals surface area (Å²) in [5.41, 5.74) is 7.63. The van der Waals surface area contributed by atoms with Crippen LogP contribution in [0, 0.1) is 5.92 Å². The number of likely N-dealkylation sites (tertiary alicyclic amines) is 2. The van der Waals surface area contributed by atoms with Crippen LogP contribution in [0.25, 0.3) is 16.9 Å². The summed E-state index contributed by atoms with van der Waals surface area (Å²) in [4.78, 5) is 80.4. The normalized spacial score (nSPS) is 22.4. The van der Waals surface area contributed by atoms with Crippen LogP contribution in [-0.2, 0) is 9.59 Å². The van der Waals surface area contributed by atoms with E-state index in [1.807, 2.05) is 41.3 Å². The van der Waals surface area contributed by atoms with Gasteiger partial charge in [-0.2, -0.15) is 0 Å². The van der Waals surface area contributed by atoms with Crippen molar-refractivity contribution in [2.75, 3.05) is 56.4 Å². The zero-order valence-electron chi connectivity index (χ0n) is 34.4. The van der Waals surface area contributed by atoms with Gasteiger partial charge in [-0.1, -0.05) is 18.2 Å². The largest absolute Gasteiger partial charge is 0.457 e. The number of piperidine rings is 3. The maximum atomic E-state index is 16.2. The van der Waals surface area contributed by atoms with Gasteiger partial charge in [-0.05, 0) is 112 Å². The van der Waals surface area contributed by atoms with Gasteiger partial charge in [-0.15, -0.1) is 0 Å². The molecule has 10 rings (SSSR count). The number of hydrogen-bond acceptors (Lipinski definition) is 12. The van der Waals surface area contributed by atoms with Gasteiger partial charge in [0.1, 0.15) is 35.4 Å². The lowest BCUT2D eigenvalue weighted by molar-refractivity contribution is -0.136. The predicted molar refractivity (Wildman–Crippen MR) is 227 cm³/mol. The first-order chi connectivity index (χ1) is 30.4. The van der Waals surface area contributed by atoms with E-state index in [4.69, 9.17) is 10.5 Å². The van der Waals surface area contributed by atoms with E-state index in [9.17, 15) is 24.0 Å². The third kappa shape index (κ3) is 7.39. The number of para-hydroxylation sites is 1. The molecule has 5 aromatic rings. The third-order valence-electron chi connectivity index (χ3n) is 13.4. The maximum Gasteiger partial charge on any atom is 0.335 e. The molecular weight excluding hydrogens is 815 g/mol. The number of benzene rings is 3. The topological polar surface area (TPSA) is 181 Å². The fourth-order valence-corrected chi connectivity index (χ4v) is 9.91. The predicted octanol–water partition coefficient (Wildman–Crippen LogP) is 4.23. The molecule has 1 unspecified atom stereocenters. The Kier molecular flexibility index (Phi) is 10.3. The highest BCUT2D eigenvalue weighted by Crippen LogP contribution is 2.39. The van der Waals surface area contributed by atoms with Crippen LogP contribution in [0.3, 0.4) is 0 Å². The number of nitrogens with one attached hydrogen (secondary N) is 1. The van der Waals surface area contributed by atoms with Crippen molar-refractivity contribution in [3.63, 3.8) is 0 Å². The average Bonchev–Trinajstić information content (AvgIpc) is 3.69. The zero-order valence-corrected chi connectivity index (χ0v) is 34.4. The van der Waals surface area contributed by atoms with Crippen LogP contribution in [-0.4, -0.2) is 121 Å². The van der Waals surface area contributed by atoms with E-state index in [1.165, 1.54) is 10.9 Å². The van der Waals surface area contributed by atoms with Gasteiger partial charge < -0.3 is 15.4 Å². The van der Waals surface area contributed by atoms with Gasteiger partial charge in [0, 0.05) is 37.8 Å². The second kappa shape index (κ2) is 16.0. The summed E-state index contributed by atoms with van der Waals surface area (Å²) in [6.45, 7) is 3.80. The van der Waals surface area contributed by atoms with Crippen LogP contribution >= 0.6 is 0 Å². The summed E-state index contributed by atoms with van der Waals surface area (Å²) >= 11 is 0. The number of aromatic nitrogens is 4. The van der Waals surface area contributed by atoms with Crippen molar-refractivity contribution in [2.24, 2.45) is 5.92 Å². The quantitative estimate of drug-likeness (QED) is 0.191. The minimum Gasteiger partial charge on any atom is -0.457 e. The number of ether oxygens (including phenoxy) is 1. The highest BCUT2D eigenvalue weighted by Gasteiger charge is 2.48. The molecule has 2 atom stereocenters. The number of anilines is 2. The molecule has 0 spiro atoms. The highest BCUT2D eigenvalue weighted by atomic mass is 19.3. The Morgan fingerprint density at radius 2 is 1.52 bits per heavy atom. The van der Waals surface area contributed by atoms with Crippen molar-refractivity contribution in [1.29, 1.82) is 0 Å². The van der Waals surface area contributed by atoms with E-state index >= 15 is 8.78 Å². The van der Waals surface area contributed by atoms with Crippen LogP contribution < -0.4 is 26.4 Å². The smallest absolute Gasteiger partial charge is 0.335 e. The second-order valence-electron chi connectivity index (χ2n) is 17.2. The lowest BCUT2D eigenvalue weighted by Gasteiger charge is -2.49. The van der Waals surface area contributed by atoms with Gasteiger partial charge in [0.25, 0.3) is 17.7 Å². The molecule has 63 heavy (non-hydrogen) atoms. The molecule has 3 N–H and O–H groups in total. The summed E-state index contributed by atoms with van der Waals surface area (Å²) in [5, 5.41) is 2.22. The number of carbonyl (C=O) groups is 4. The third-order valence-corrected chi connectivity index (χ3v) is 13.4. The number of imide groups is 2. The number of halogens is 2. The molecule has 5 aliphatic heterocycles. The Bertz CT molecular complexity index is 2680. The standard InChI is InChI=1S/C45H46F2N10O6/c46-45(47)25-52(19-17-36(45)57-40-38(39(48)49-26-50-40)55(44(57)62)28-6-9-32(10-7-28)63-31-4-2-1-3-5-31)18-14-27-15-20-53(21-16-27)30-23-54(24-30)29-8-11-33-34(22-29)43(61)56(42(33)60)35-12-13-37(58)51-41(35)59/h1-11,22,26-27,30,35-36H,12-21,23-25H2,(H2,48,49,50)(H,51,58,59)/t35?,36-/m0/s1. The number of nitrogens with two attached hydrogens (primary N) is 1. The van der Waals surface area contributed by atoms with Gasteiger partial charge in [0.15, 0.2) is 11.5 Å². The molecule has 7 heterocycles. The molecule has 0 bridgehead atoms. The number of nitrogen functional groups attached to an aromatic ring is 1. The lowest BCUT2D eigenvalue weighted by atomic mass is 9.90. The van der Waals surface area contributed by atoms with E-state index in [2.05, 4.69) is 25.1 Å². The number of amides is 4. The van der Waals surface area contributed by atoms with Crippen LogP contribution in [0.5, 0.6) is 11.5 Å². The van der Waals surface area contributed by atoms with Crippen LogP contribution in [0.1, 0.15) is 65.3 Å². The van der Waals surface area contributed by atoms with Gasteiger partial charge in [0.05, 0.1) is 23.4 Å². The van der Waals surface area contributed by atoms with E-state index in [-0.39, 0.29) is 47.4 Å². The second-order valence-corrected chi connectivity index (χ2v) is 17.2. The van der Waals surface area contributed by atoms with Crippen molar-refractivity contribution < 1.29 is 32.7 Å². The summed E-state index contributed by atoms with van der Waals surface area (Å²) in [7, 11) is 0. The van der Waals surface area contributed by atoms with Crippen LogP contribution in [0.15, 0.2) is 83.9 Å². The van der Waals surface area contributed by atoms with E-state index < -0.39 is 53.9 Å². The Labute approximate surface area is 360 Å². The average molecular weight is 861 g/mol. The Balaban J connectivity index is 0.726. The fourth-order valence-electron chi connectivity index (χ4n) is 9.91. The van der Waals surface area contributed by atoms with Crippen molar-refractivity contribution in [2.45, 2.75) is 62.6 Å². The van der Waals surface area contributed by atoms with E-state index in [0.29, 0.717) is 42.2 Å². The first-order valence-corrected chi connectivity index (χ1v) is 21.4. The molecule has 4 amide bonds. The van der Waals surface area contributed by atoms with Crippen LogP contribution in [0.2, 0.25) is 0 Å². The van der Waals surface area contributed by atoms with E-state index in [0.717, 1.165) is 60.6 Å². The summed E-state index contributed by atoms with van der Waals surface area (Å²) in [5.74, 6) is -3.71. The van der Waals surface area contributed by atoms with Gasteiger partial charge in [-0.25, -0.2) is 23.5 Å². The minimum atomic E-state index is -3.22. The van der Waals surface area contributed by atoms with Gasteiger partial charge >= 0.3 is 5.69 Å². The number of rotatable bonds is 10. The first-order valence-electron chi connectivity index (χ1n) is 21.4. The number of carbonyl (C=O) groups excluding carboxylic acids is 4. The highest BCUT2D eigenvalue weighted by molar-refractivity contribution is 6.23. The summed E-state index contributed by atoms with van der Waals surface area (Å²) < 4.78 is 40.8. The first kappa shape index (κ1) is 40.5. The molecule has 3 aromatic carbocycles. The zero-order chi connectivity index (χ0) is 43.6. The summed E-state index contributed by atoms with van der Waals surface area (Å²) in [6.07, 6.45) is 4.15. The van der Waals surface area contributed by atoms with Crippen LogP contribution in [0.4, 0.5) is 20.3 Å². The Morgan fingerprint density at radius 1 is 0.810 bits per heavy atom. The maximum absolute atomic E-state index is 16.2. The summed E-state index contributed by atoms with van der Waals surface area (Å²) in [6, 6.07) is 19.1. The van der Waals surface area contributed by atoms with E-state index in [1.54, 1.807) is 36.4 Å². The van der Waals surface area contributed by atoms with Crippen molar-refractivity contribution in [3.8, 4) is 17.2 Å². The number of imidazole rings is 1. The Morgan fingerprint density at radius 3 is 2.25 bits per heavy atom. The molecule has 0 saturated carbocycles. The molecule has 2 aromatic heterocycles. The Hall–Kier alpha value is -6.53. The molecule has 18 heteroatoms. The monoisotopic (exact) mass is 860 g/mol. The lowest BCUT2D eigenvalue weighted by Crippen LogP contribution is -2.61. The van der Waals surface area contributed by atoms with Crippen molar-refractivity contribution in [3.05, 3.63) is 101 Å². The van der Waals surface area contributed by atoms with Gasteiger partial charge in [0.2, 0.25) is 11.8 Å². The molecule has 0 radical (unpaired) electrons. The molecule has 4 fully saturated rings. The molecule has 326 valence electrons. The minimum absolute atomic E-state index is 0.0130. The SMILES string of the molecule is Nc1ncnc2c1n(-c1ccc(Oc3ccccc3)cc1)c(=O)n2[C@H]1CCN(CCC2CCN(C3CN(c4ccc5c(c4)C(=O)N(C4CCC(=O)NC4=O)C5=O)C3)CC2)CC1(F)F. The number of alkyl halides is 2. The molecule has 4 saturated heterocycles. The molecule has 16 nitrogen and oxygen atoms in total. The van der Waals surface area contributed by atoms with Gasteiger partial charge in [-0.3, -0.25) is 48.3 Å². The number of nitrogens with zero attached hydrogens (tertiary/aromatic N) is 8. The van der Waals surface area contributed by atoms with Crippen molar-refractivity contribution >= 4 is 46.3 Å². The number of fused-ring (bicyclic) bond motifs is 2.